The third-order valence-electron chi connectivity index (χ3n) is 6.63. The average molecular weight is 409 g/mol. The standard InChI is InChI=1S/C26H32O2S/c1-3-5-18-6-8-20(9-7-18)26(27)28-23-14-12-19(13-15-23)21-10-11-22-16-24(4-2)29-25(22)17-21/h4,10-12,16-18,20,23H,2-3,5-9,13-15H2,1H3. The minimum Gasteiger partial charge on any atom is -0.462 e. The number of esters is 1. The molecule has 2 aliphatic rings. The van der Waals surface area contributed by atoms with Gasteiger partial charge in [-0.1, -0.05) is 50.6 Å². The highest BCUT2D eigenvalue weighted by Crippen LogP contribution is 2.35. The topological polar surface area (TPSA) is 26.3 Å². The van der Waals surface area contributed by atoms with Crippen LogP contribution in [0.5, 0.6) is 0 Å². The maximum atomic E-state index is 12.6. The number of benzene rings is 1. The molecule has 29 heavy (non-hydrogen) atoms. The van der Waals surface area contributed by atoms with E-state index in [1.807, 2.05) is 6.08 Å². The molecule has 2 aliphatic carbocycles. The van der Waals surface area contributed by atoms with E-state index in [1.165, 1.54) is 51.8 Å². The number of allylic oxidation sites excluding steroid dienone is 1. The van der Waals surface area contributed by atoms with Crippen LogP contribution in [0.2, 0.25) is 0 Å². The lowest BCUT2D eigenvalue weighted by atomic mass is 9.80. The molecule has 1 fully saturated rings. The molecule has 0 bridgehead atoms. The maximum Gasteiger partial charge on any atom is 0.309 e. The van der Waals surface area contributed by atoms with Crippen LogP contribution in [0.15, 0.2) is 36.9 Å². The van der Waals surface area contributed by atoms with Gasteiger partial charge in [-0.3, -0.25) is 4.79 Å². The van der Waals surface area contributed by atoms with Crippen molar-refractivity contribution in [1.82, 2.24) is 0 Å². The number of thiophene rings is 1. The van der Waals surface area contributed by atoms with Crippen molar-refractivity contribution in [2.45, 2.75) is 70.8 Å². The molecule has 0 spiro atoms. The Morgan fingerprint density at radius 1 is 1.21 bits per heavy atom. The molecular weight excluding hydrogens is 376 g/mol. The van der Waals surface area contributed by atoms with Crippen LogP contribution < -0.4 is 0 Å². The first-order valence-electron chi connectivity index (χ1n) is 11.2. The number of hydrogen-bond donors (Lipinski definition) is 0. The van der Waals surface area contributed by atoms with Gasteiger partial charge in [0.2, 0.25) is 0 Å². The Bertz CT molecular complexity index is 899. The molecule has 1 aromatic heterocycles. The summed E-state index contributed by atoms with van der Waals surface area (Å²) in [5.74, 6) is 1.01. The average Bonchev–Trinajstić information content (AvgIpc) is 3.17. The zero-order chi connectivity index (χ0) is 20.2. The first-order valence-corrected chi connectivity index (χ1v) is 12.0. The molecule has 1 unspecified atom stereocenters. The summed E-state index contributed by atoms with van der Waals surface area (Å²) in [4.78, 5) is 13.8. The second-order valence-corrected chi connectivity index (χ2v) is 9.79. The van der Waals surface area contributed by atoms with Gasteiger partial charge < -0.3 is 4.74 Å². The number of carbonyl (C=O) groups is 1. The smallest absolute Gasteiger partial charge is 0.309 e. The Labute approximate surface area is 178 Å². The molecule has 1 heterocycles. The van der Waals surface area contributed by atoms with Gasteiger partial charge in [0.1, 0.15) is 6.10 Å². The van der Waals surface area contributed by atoms with E-state index < -0.39 is 0 Å². The quantitative estimate of drug-likeness (QED) is 0.459. The lowest BCUT2D eigenvalue weighted by Gasteiger charge is -2.29. The third-order valence-corrected chi connectivity index (χ3v) is 7.73. The van der Waals surface area contributed by atoms with Gasteiger partial charge >= 0.3 is 5.97 Å². The Morgan fingerprint density at radius 3 is 2.72 bits per heavy atom. The van der Waals surface area contributed by atoms with Crippen molar-refractivity contribution >= 4 is 39.0 Å². The summed E-state index contributed by atoms with van der Waals surface area (Å²) >= 11 is 1.79. The van der Waals surface area contributed by atoms with Crippen LogP contribution in [0.4, 0.5) is 0 Å². The van der Waals surface area contributed by atoms with Gasteiger partial charge in [-0.25, -0.2) is 0 Å². The highest BCUT2D eigenvalue weighted by Gasteiger charge is 2.29. The maximum absolute atomic E-state index is 12.6. The minimum atomic E-state index is 0.0532. The number of rotatable bonds is 6. The second-order valence-electron chi connectivity index (χ2n) is 8.67. The van der Waals surface area contributed by atoms with E-state index in [-0.39, 0.29) is 18.0 Å². The molecule has 1 atom stereocenters. The zero-order valence-corrected chi connectivity index (χ0v) is 18.3. The molecule has 0 saturated heterocycles. The van der Waals surface area contributed by atoms with Crippen molar-refractivity contribution in [3.05, 3.63) is 47.4 Å². The molecule has 154 valence electrons. The Kier molecular flexibility index (Phi) is 6.54. The van der Waals surface area contributed by atoms with Crippen molar-refractivity contribution < 1.29 is 9.53 Å². The monoisotopic (exact) mass is 408 g/mol. The van der Waals surface area contributed by atoms with Gasteiger partial charge in [0.05, 0.1) is 5.92 Å². The Hall–Kier alpha value is -1.87. The molecule has 2 nitrogen and oxygen atoms in total. The van der Waals surface area contributed by atoms with E-state index in [4.69, 9.17) is 4.74 Å². The normalized spacial score (nSPS) is 24.9. The van der Waals surface area contributed by atoms with Crippen molar-refractivity contribution in [3.63, 3.8) is 0 Å². The number of fused-ring (bicyclic) bond motifs is 1. The lowest BCUT2D eigenvalue weighted by molar-refractivity contribution is -0.155. The summed E-state index contributed by atoms with van der Waals surface area (Å²) < 4.78 is 7.22. The highest BCUT2D eigenvalue weighted by atomic mass is 32.1. The fraction of sp³-hybridized carbons (Fsp3) is 0.500. The molecule has 1 saturated carbocycles. The molecule has 0 amide bonds. The number of hydrogen-bond acceptors (Lipinski definition) is 3. The Balaban J connectivity index is 1.32. The predicted octanol–water partition coefficient (Wildman–Crippen LogP) is 7.63. The van der Waals surface area contributed by atoms with Gasteiger partial charge in [0.25, 0.3) is 0 Å². The van der Waals surface area contributed by atoms with Crippen LogP contribution in [0.25, 0.3) is 21.7 Å². The number of carbonyl (C=O) groups excluding carboxylic acids is 1. The van der Waals surface area contributed by atoms with E-state index in [2.05, 4.69) is 43.8 Å². The van der Waals surface area contributed by atoms with E-state index in [0.717, 1.165) is 38.0 Å². The summed E-state index contributed by atoms with van der Waals surface area (Å²) in [6.07, 6.45) is 14.0. The van der Waals surface area contributed by atoms with Crippen molar-refractivity contribution in [3.8, 4) is 0 Å². The molecule has 0 radical (unpaired) electrons. The van der Waals surface area contributed by atoms with E-state index in [9.17, 15) is 4.79 Å². The summed E-state index contributed by atoms with van der Waals surface area (Å²) in [5.41, 5.74) is 2.68. The van der Waals surface area contributed by atoms with Crippen LogP contribution in [0, 0.1) is 11.8 Å². The summed E-state index contributed by atoms with van der Waals surface area (Å²) in [7, 11) is 0. The lowest BCUT2D eigenvalue weighted by Crippen LogP contribution is -2.28. The van der Waals surface area contributed by atoms with E-state index in [1.54, 1.807) is 11.3 Å². The fourth-order valence-corrected chi connectivity index (χ4v) is 5.84. The SMILES string of the molecule is C=Cc1cc2ccc(C3=CCC(OC(=O)C4CCC(CCC)CC4)CC3)cc2s1. The van der Waals surface area contributed by atoms with Crippen molar-refractivity contribution in [1.29, 1.82) is 0 Å². The fourth-order valence-electron chi connectivity index (χ4n) is 4.89. The van der Waals surface area contributed by atoms with E-state index in [0.29, 0.717) is 0 Å². The summed E-state index contributed by atoms with van der Waals surface area (Å²) in [6.45, 7) is 6.13. The zero-order valence-electron chi connectivity index (χ0n) is 17.5. The van der Waals surface area contributed by atoms with Gasteiger partial charge in [0.15, 0.2) is 0 Å². The van der Waals surface area contributed by atoms with Crippen LogP contribution in [-0.2, 0) is 9.53 Å². The van der Waals surface area contributed by atoms with E-state index >= 15 is 0 Å². The first-order chi connectivity index (χ1) is 14.2. The van der Waals surface area contributed by atoms with Crippen LogP contribution in [0.1, 0.15) is 75.2 Å². The van der Waals surface area contributed by atoms with Crippen LogP contribution >= 0.6 is 11.3 Å². The highest BCUT2D eigenvalue weighted by molar-refractivity contribution is 7.19. The molecule has 0 N–H and O–H groups in total. The van der Waals surface area contributed by atoms with Crippen LogP contribution in [0.3, 0.4) is 0 Å². The van der Waals surface area contributed by atoms with Crippen LogP contribution in [-0.4, -0.2) is 12.1 Å². The summed E-state index contributed by atoms with van der Waals surface area (Å²) in [6, 6.07) is 8.90. The molecule has 3 heteroatoms. The van der Waals surface area contributed by atoms with Gasteiger partial charge in [0, 0.05) is 16.0 Å². The molecule has 1 aromatic carbocycles. The van der Waals surface area contributed by atoms with Crippen molar-refractivity contribution in [2.24, 2.45) is 11.8 Å². The Morgan fingerprint density at radius 2 is 2.03 bits per heavy atom. The molecule has 4 rings (SSSR count). The van der Waals surface area contributed by atoms with Gasteiger partial charge in [-0.15, -0.1) is 11.3 Å². The van der Waals surface area contributed by atoms with Crippen molar-refractivity contribution in [2.75, 3.05) is 0 Å². The molecule has 0 aliphatic heterocycles. The molecule has 2 aromatic rings. The largest absolute Gasteiger partial charge is 0.462 e. The van der Waals surface area contributed by atoms with Gasteiger partial charge in [-0.2, -0.15) is 0 Å². The number of ether oxygens (including phenoxy) is 1. The second kappa shape index (κ2) is 9.30. The van der Waals surface area contributed by atoms with Gasteiger partial charge in [-0.05, 0) is 73.1 Å². The minimum absolute atomic E-state index is 0.0532. The first kappa shape index (κ1) is 20.4. The third kappa shape index (κ3) is 4.83. The predicted molar refractivity (Wildman–Crippen MR) is 124 cm³/mol. The summed E-state index contributed by atoms with van der Waals surface area (Å²) in [5, 5.41) is 1.28. The molecular formula is C26H32O2S.